The van der Waals surface area contributed by atoms with Crippen molar-refractivity contribution < 1.29 is 4.79 Å². The van der Waals surface area contributed by atoms with Gasteiger partial charge in [-0.15, -0.1) is 11.3 Å². The lowest BCUT2D eigenvalue weighted by Gasteiger charge is -2.24. The van der Waals surface area contributed by atoms with E-state index in [1.54, 1.807) is 11.1 Å². The van der Waals surface area contributed by atoms with E-state index in [9.17, 15) is 4.79 Å². The zero-order valence-electron chi connectivity index (χ0n) is 14.1. The molecule has 4 aromatic rings. The van der Waals surface area contributed by atoms with Gasteiger partial charge in [-0.3, -0.25) is 19.6 Å². The summed E-state index contributed by atoms with van der Waals surface area (Å²) in [5.41, 5.74) is 5.30. The summed E-state index contributed by atoms with van der Waals surface area (Å²) >= 11 is 7.66. The topological polar surface area (TPSA) is 49.6 Å². The highest BCUT2D eigenvalue weighted by molar-refractivity contribution is 7.15. The third-order valence-corrected chi connectivity index (χ3v) is 4.93. The highest BCUT2D eigenvalue weighted by Gasteiger charge is 2.12. The normalized spacial score (nSPS) is 11.1. The highest BCUT2D eigenvalue weighted by atomic mass is 35.5. The molecular formula is C20H15ClN4OS. The number of hydrazine groups is 1. The Morgan fingerprint density at radius 3 is 2.33 bits per heavy atom. The number of amides is 1. The number of carbonyl (C=O) groups is 1. The number of thiazole rings is 1. The summed E-state index contributed by atoms with van der Waals surface area (Å²) < 4.78 is 1.85. The second-order valence-electron chi connectivity index (χ2n) is 5.66. The molecule has 2 aromatic heterocycles. The van der Waals surface area contributed by atoms with Gasteiger partial charge < -0.3 is 0 Å². The summed E-state index contributed by atoms with van der Waals surface area (Å²) in [5.74, 6) is -0.274. The van der Waals surface area contributed by atoms with Gasteiger partial charge in [0.05, 0.1) is 17.1 Å². The maximum Gasteiger partial charge on any atom is 0.262 e. The van der Waals surface area contributed by atoms with E-state index in [4.69, 9.17) is 11.6 Å². The van der Waals surface area contributed by atoms with Gasteiger partial charge in [0, 0.05) is 17.7 Å². The minimum atomic E-state index is -0.274. The van der Waals surface area contributed by atoms with E-state index < -0.39 is 0 Å². The maximum atomic E-state index is 12.6. The molecule has 0 unspecified atom stereocenters. The lowest BCUT2D eigenvalue weighted by atomic mass is 10.2. The molecule has 0 spiro atoms. The molecule has 2 heterocycles. The Hall–Kier alpha value is -3.09. The Labute approximate surface area is 165 Å². The van der Waals surface area contributed by atoms with Crippen molar-refractivity contribution in [1.29, 1.82) is 0 Å². The molecule has 7 heteroatoms. The van der Waals surface area contributed by atoms with Crippen molar-refractivity contribution in [2.45, 2.75) is 0 Å². The van der Waals surface area contributed by atoms with Crippen LogP contribution >= 0.6 is 22.9 Å². The van der Waals surface area contributed by atoms with E-state index in [1.165, 1.54) is 17.4 Å². The van der Waals surface area contributed by atoms with Crippen molar-refractivity contribution in [3.63, 3.8) is 0 Å². The second-order valence-corrected chi connectivity index (χ2v) is 6.89. The molecule has 0 bridgehead atoms. The van der Waals surface area contributed by atoms with Crippen molar-refractivity contribution in [3.05, 3.63) is 89.2 Å². The SMILES string of the molecule is O=C(/C=C\c1c(Cl)nc2sccn12)NN(c1ccccc1)c1ccccc1. The molecule has 134 valence electrons. The molecular weight excluding hydrogens is 380 g/mol. The monoisotopic (exact) mass is 394 g/mol. The van der Waals surface area contributed by atoms with Gasteiger partial charge in [-0.1, -0.05) is 48.0 Å². The van der Waals surface area contributed by atoms with Crippen LogP contribution in [0.3, 0.4) is 0 Å². The summed E-state index contributed by atoms with van der Waals surface area (Å²) in [6, 6.07) is 19.3. The second kappa shape index (κ2) is 7.65. The molecule has 1 amide bonds. The van der Waals surface area contributed by atoms with Gasteiger partial charge in [-0.25, -0.2) is 4.98 Å². The summed E-state index contributed by atoms with van der Waals surface area (Å²) in [4.78, 5) is 17.6. The molecule has 0 saturated carbocycles. The summed E-state index contributed by atoms with van der Waals surface area (Å²) in [5, 5.41) is 4.03. The Morgan fingerprint density at radius 2 is 1.70 bits per heavy atom. The fourth-order valence-corrected chi connectivity index (χ4v) is 3.67. The molecule has 1 N–H and O–H groups in total. The van der Waals surface area contributed by atoms with Gasteiger partial charge in [0.25, 0.3) is 5.91 Å². The maximum absolute atomic E-state index is 12.6. The number of benzene rings is 2. The van der Waals surface area contributed by atoms with E-state index in [0.29, 0.717) is 10.8 Å². The molecule has 5 nitrogen and oxygen atoms in total. The van der Waals surface area contributed by atoms with Crippen LogP contribution in [-0.2, 0) is 4.79 Å². The number of imidazole rings is 1. The molecule has 0 radical (unpaired) electrons. The van der Waals surface area contributed by atoms with Crippen LogP contribution in [0.5, 0.6) is 0 Å². The van der Waals surface area contributed by atoms with Crippen LogP contribution in [0.25, 0.3) is 11.0 Å². The summed E-state index contributed by atoms with van der Waals surface area (Å²) in [7, 11) is 0. The van der Waals surface area contributed by atoms with Gasteiger partial charge >= 0.3 is 0 Å². The number of aromatic nitrogens is 2. The fraction of sp³-hybridized carbons (Fsp3) is 0. The van der Waals surface area contributed by atoms with Crippen molar-refractivity contribution in [1.82, 2.24) is 14.8 Å². The molecule has 0 aliphatic carbocycles. The van der Waals surface area contributed by atoms with Crippen LogP contribution in [0, 0.1) is 0 Å². The minimum absolute atomic E-state index is 0.274. The van der Waals surface area contributed by atoms with Gasteiger partial charge in [0.2, 0.25) is 0 Å². The fourth-order valence-electron chi connectivity index (χ4n) is 2.66. The smallest absolute Gasteiger partial charge is 0.262 e. The highest BCUT2D eigenvalue weighted by Crippen LogP contribution is 2.24. The number of anilines is 2. The van der Waals surface area contributed by atoms with Crippen LogP contribution in [0.4, 0.5) is 11.4 Å². The minimum Gasteiger partial charge on any atom is -0.289 e. The van der Waals surface area contributed by atoms with Crippen molar-refractivity contribution in [2.75, 3.05) is 5.01 Å². The molecule has 0 fully saturated rings. The molecule has 4 rings (SSSR count). The molecule has 0 aliphatic rings. The van der Waals surface area contributed by atoms with Crippen LogP contribution in [-0.4, -0.2) is 15.3 Å². The zero-order chi connectivity index (χ0) is 18.6. The van der Waals surface area contributed by atoms with E-state index in [2.05, 4.69) is 10.4 Å². The number of nitrogens with one attached hydrogen (secondary N) is 1. The molecule has 0 saturated heterocycles. The van der Waals surface area contributed by atoms with Gasteiger partial charge in [0.15, 0.2) is 10.1 Å². The Kier molecular flexibility index (Phi) is 4.91. The number of hydrogen-bond acceptors (Lipinski definition) is 4. The van der Waals surface area contributed by atoms with Crippen LogP contribution in [0.15, 0.2) is 78.3 Å². The molecule has 0 aliphatic heterocycles. The van der Waals surface area contributed by atoms with Gasteiger partial charge in [0.1, 0.15) is 0 Å². The first-order valence-corrected chi connectivity index (χ1v) is 9.48. The molecule has 27 heavy (non-hydrogen) atoms. The lowest BCUT2D eigenvalue weighted by Crippen LogP contribution is -2.37. The first-order chi connectivity index (χ1) is 13.2. The third-order valence-electron chi connectivity index (χ3n) is 3.90. The Bertz CT molecular complexity index is 1050. The zero-order valence-corrected chi connectivity index (χ0v) is 15.7. The third kappa shape index (κ3) is 3.72. The van der Waals surface area contributed by atoms with Crippen molar-refractivity contribution in [3.8, 4) is 0 Å². The average molecular weight is 395 g/mol. The van der Waals surface area contributed by atoms with E-state index >= 15 is 0 Å². The number of para-hydroxylation sites is 2. The van der Waals surface area contributed by atoms with Gasteiger partial charge in [-0.05, 0) is 30.3 Å². The Morgan fingerprint density at radius 1 is 1.07 bits per heavy atom. The number of hydrogen-bond donors (Lipinski definition) is 1. The van der Waals surface area contributed by atoms with Crippen molar-refractivity contribution in [2.24, 2.45) is 0 Å². The average Bonchev–Trinajstić information content (AvgIpc) is 3.26. The standard InChI is InChI=1S/C20H15ClN4OS/c21-19-17(24-13-14-27-20(24)22-19)11-12-18(26)23-25(15-7-3-1-4-8-15)16-9-5-2-6-10-16/h1-14H,(H,23,26)/b12-11-. The van der Waals surface area contributed by atoms with E-state index in [-0.39, 0.29) is 5.91 Å². The quantitative estimate of drug-likeness (QED) is 0.385. The number of rotatable bonds is 5. The molecule has 2 aromatic carbocycles. The number of fused-ring (bicyclic) bond motifs is 1. The summed E-state index contributed by atoms with van der Waals surface area (Å²) in [6.07, 6.45) is 4.99. The van der Waals surface area contributed by atoms with Crippen molar-refractivity contribution >= 4 is 51.3 Å². The van der Waals surface area contributed by atoms with Crippen LogP contribution in [0.1, 0.15) is 5.69 Å². The largest absolute Gasteiger partial charge is 0.289 e. The van der Waals surface area contributed by atoms with Gasteiger partial charge in [-0.2, -0.15) is 0 Å². The lowest BCUT2D eigenvalue weighted by molar-refractivity contribution is -0.116. The number of nitrogens with zero attached hydrogens (tertiary/aromatic N) is 3. The predicted molar refractivity (Wildman–Crippen MR) is 110 cm³/mol. The van der Waals surface area contributed by atoms with E-state index in [0.717, 1.165) is 16.3 Å². The van der Waals surface area contributed by atoms with E-state index in [1.807, 2.05) is 76.6 Å². The summed E-state index contributed by atoms with van der Waals surface area (Å²) in [6.45, 7) is 0. The van der Waals surface area contributed by atoms with Crippen LogP contribution < -0.4 is 10.4 Å². The first-order valence-electron chi connectivity index (χ1n) is 8.22. The number of halogens is 1. The predicted octanol–water partition coefficient (Wildman–Crippen LogP) is 4.93. The number of carbonyl (C=O) groups excluding carboxylic acids is 1. The molecule has 0 atom stereocenters. The Balaban J connectivity index is 1.59. The van der Waals surface area contributed by atoms with Crippen LogP contribution in [0.2, 0.25) is 5.15 Å². The first kappa shape index (κ1) is 17.3.